The second-order valence-electron chi connectivity index (χ2n) is 6.02. The van der Waals surface area contributed by atoms with Gasteiger partial charge < -0.3 is 20.5 Å². The number of fused-ring (bicyclic) bond motifs is 1. The number of nitrogens with two attached hydrogens (primary N) is 2. The Hall–Kier alpha value is -3.11. The molecule has 10 heteroatoms. The molecule has 0 fully saturated rings. The van der Waals surface area contributed by atoms with Crippen molar-refractivity contribution >= 4 is 32.7 Å². The third-order valence-electron chi connectivity index (χ3n) is 4.18. The maximum Gasteiger partial charge on any atom is 0.238 e. The van der Waals surface area contributed by atoms with Crippen LogP contribution >= 0.6 is 0 Å². The molecule has 28 heavy (non-hydrogen) atoms. The van der Waals surface area contributed by atoms with Gasteiger partial charge in [-0.25, -0.2) is 18.5 Å². The highest BCUT2D eigenvalue weighted by molar-refractivity contribution is 7.89. The van der Waals surface area contributed by atoms with Gasteiger partial charge in [-0.1, -0.05) is 12.1 Å². The number of nitrogens with one attached hydrogen (secondary N) is 1. The Bertz CT molecular complexity index is 1100. The molecular weight excluding hydrogens is 382 g/mol. The molecule has 9 nitrogen and oxygen atoms in total. The minimum atomic E-state index is -3.69. The van der Waals surface area contributed by atoms with Crippen molar-refractivity contribution in [2.75, 3.05) is 31.8 Å². The van der Waals surface area contributed by atoms with Crippen LogP contribution in [0, 0.1) is 0 Å². The van der Waals surface area contributed by atoms with E-state index in [1.807, 2.05) is 0 Å². The molecule has 148 valence electrons. The average Bonchev–Trinajstić information content (AvgIpc) is 2.66. The fourth-order valence-corrected chi connectivity index (χ4v) is 3.24. The lowest BCUT2D eigenvalue weighted by molar-refractivity contribution is 0.356. The van der Waals surface area contributed by atoms with Crippen LogP contribution in [0.2, 0.25) is 0 Å². The quantitative estimate of drug-likeness (QED) is 0.539. The summed E-state index contributed by atoms with van der Waals surface area (Å²) in [4.78, 5) is 8.82. The molecule has 1 heterocycles. The van der Waals surface area contributed by atoms with Crippen LogP contribution in [0.3, 0.4) is 0 Å². The van der Waals surface area contributed by atoms with Crippen LogP contribution in [0.25, 0.3) is 10.9 Å². The molecule has 0 saturated carbocycles. The smallest absolute Gasteiger partial charge is 0.238 e. The first-order valence-electron chi connectivity index (χ1n) is 8.36. The largest absolute Gasteiger partial charge is 0.493 e. The van der Waals surface area contributed by atoms with Crippen molar-refractivity contribution < 1.29 is 17.9 Å². The van der Waals surface area contributed by atoms with Gasteiger partial charge in [-0.05, 0) is 30.2 Å². The number of hydrogen-bond acceptors (Lipinski definition) is 8. The molecule has 0 unspecified atom stereocenters. The first-order chi connectivity index (χ1) is 13.3. The van der Waals surface area contributed by atoms with E-state index in [2.05, 4.69) is 15.3 Å². The molecule has 3 aromatic rings. The number of nitrogens with zero attached hydrogens (tertiary/aromatic N) is 2. The molecule has 0 atom stereocenters. The highest BCUT2D eigenvalue weighted by Crippen LogP contribution is 2.33. The summed E-state index contributed by atoms with van der Waals surface area (Å²) >= 11 is 0. The van der Waals surface area contributed by atoms with E-state index in [4.69, 9.17) is 20.3 Å². The second kappa shape index (κ2) is 7.87. The Balaban J connectivity index is 1.74. The third kappa shape index (κ3) is 4.24. The Morgan fingerprint density at radius 1 is 1.04 bits per heavy atom. The Morgan fingerprint density at radius 3 is 2.29 bits per heavy atom. The maximum absolute atomic E-state index is 11.3. The summed E-state index contributed by atoms with van der Waals surface area (Å²) in [5, 5.41) is 8.88. The van der Waals surface area contributed by atoms with Crippen molar-refractivity contribution in [1.29, 1.82) is 0 Å². The zero-order chi connectivity index (χ0) is 20.3. The predicted molar refractivity (Wildman–Crippen MR) is 107 cm³/mol. The van der Waals surface area contributed by atoms with Crippen molar-refractivity contribution in [3.05, 3.63) is 42.0 Å². The predicted octanol–water partition coefficient (Wildman–Crippen LogP) is 1.53. The standard InChI is InChI=1S/C18H21N5O4S/c1-26-15-9-13-14(10-16(15)27-2)22-18(23-17(13)19)21-8-7-11-3-5-12(6-4-11)28(20,24)25/h3-6,9-10H,7-8H2,1-2H3,(H2,20,24,25)(H3,19,21,22,23). The summed E-state index contributed by atoms with van der Waals surface area (Å²) in [6.07, 6.45) is 0.637. The van der Waals surface area contributed by atoms with Crippen molar-refractivity contribution in [1.82, 2.24) is 9.97 Å². The van der Waals surface area contributed by atoms with Crippen molar-refractivity contribution in [2.45, 2.75) is 11.3 Å². The average molecular weight is 403 g/mol. The van der Waals surface area contributed by atoms with Gasteiger partial charge in [0.15, 0.2) is 11.5 Å². The minimum absolute atomic E-state index is 0.0826. The van der Waals surface area contributed by atoms with Gasteiger partial charge in [-0.2, -0.15) is 4.98 Å². The van der Waals surface area contributed by atoms with Crippen molar-refractivity contribution in [2.24, 2.45) is 5.14 Å². The number of rotatable bonds is 7. The Labute approximate surface area is 162 Å². The topological polar surface area (TPSA) is 142 Å². The number of aromatic nitrogens is 2. The van der Waals surface area contributed by atoms with E-state index < -0.39 is 10.0 Å². The summed E-state index contributed by atoms with van der Waals surface area (Å²) in [7, 11) is -0.590. The van der Waals surface area contributed by atoms with Crippen LogP contribution in [0.4, 0.5) is 11.8 Å². The molecule has 0 aliphatic heterocycles. The molecule has 0 saturated heterocycles. The summed E-state index contributed by atoms with van der Waals surface area (Å²) in [5.74, 6) is 1.81. The third-order valence-corrected chi connectivity index (χ3v) is 5.11. The van der Waals surface area contributed by atoms with E-state index in [1.165, 1.54) is 12.1 Å². The van der Waals surface area contributed by atoms with Crippen LogP contribution in [0.5, 0.6) is 11.5 Å². The molecule has 2 aromatic carbocycles. The molecule has 5 N–H and O–H groups in total. The fraction of sp³-hybridized carbons (Fsp3) is 0.222. The lowest BCUT2D eigenvalue weighted by atomic mass is 10.1. The number of ether oxygens (including phenoxy) is 2. The molecule has 0 bridgehead atoms. The number of sulfonamides is 1. The zero-order valence-electron chi connectivity index (χ0n) is 15.5. The summed E-state index contributed by atoms with van der Waals surface area (Å²) in [5.41, 5.74) is 7.63. The molecule has 0 radical (unpaired) electrons. The Kier molecular flexibility index (Phi) is 5.52. The molecule has 0 spiro atoms. The molecule has 3 rings (SSSR count). The molecule has 0 aliphatic rings. The molecule has 0 amide bonds. The van der Waals surface area contributed by atoms with Crippen LogP contribution in [-0.2, 0) is 16.4 Å². The van der Waals surface area contributed by atoms with Gasteiger partial charge in [0, 0.05) is 18.0 Å². The van der Waals surface area contributed by atoms with Gasteiger partial charge in [-0.3, -0.25) is 0 Å². The monoisotopic (exact) mass is 403 g/mol. The summed E-state index contributed by atoms with van der Waals surface area (Å²) in [6, 6.07) is 9.87. The van der Waals surface area contributed by atoms with Gasteiger partial charge in [0.25, 0.3) is 0 Å². The number of hydrogen-bond donors (Lipinski definition) is 3. The Morgan fingerprint density at radius 2 is 1.68 bits per heavy atom. The number of methoxy groups -OCH3 is 2. The lowest BCUT2D eigenvalue weighted by Crippen LogP contribution is -2.12. The van der Waals surface area contributed by atoms with Gasteiger partial charge >= 0.3 is 0 Å². The van der Waals surface area contributed by atoms with E-state index in [-0.39, 0.29) is 4.90 Å². The normalized spacial score (nSPS) is 11.4. The van der Waals surface area contributed by atoms with Crippen molar-refractivity contribution in [3.8, 4) is 11.5 Å². The summed E-state index contributed by atoms with van der Waals surface area (Å²) < 4.78 is 33.2. The van der Waals surface area contributed by atoms with E-state index in [1.54, 1.807) is 38.5 Å². The highest BCUT2D eigenvalue weighted by atomic mass is 32.2. The van der Waals surface area contributed by atoms with Crippen LogP contribution in [-0.4, -0.2) is 39.2 Å². The van der Waals surface area contributed by atoms with E-state index in [0.29, 0.717) is 47.1 Å². The van der Waals surface area contributed by atoms with Crippen LogP contribution in [0.15, 0.2) is 41.3 Å². The lowest BCUT2D eigenvalue weighted by Gasteiger charge is -2.11. The first-order valence-corrected chi connectivity index (χ1v) is 9.91. The molecular formula is C18H21N5O4S. The number of anilines is 2. The second-order valence-corrected chi connectivity index (χ2v) is 7.58. The first kappa shape index (κ1) is 19.6. The van der Waals surface area contributed by atoms with Crippen LogP contribution < -0.4 is 25.7 Å². The van der Waals surface area contributed by atoms with Gasteiger partial charge in [0.05, 0.1) is 24.6 Å². The summed E-state index contributed by atoms with van der Waals surface area (Å²) in [6.45, 7) is 0.535. The van der Waals surface area contributed by atoms with E-state index in [0.717, 1.165) is 5.56 Å². The van der Waals surface area contributed by atoms with Crippen molar-refractivity contribution in [3.63, 3.8) is 0 Å². The van der Waals surface area contributed by atoms with Crippen LogP contribution in [0.1, 0.15) is 5.56 Å². The van der Waals surface area contributed by atoms with Gasteiger partial charge in [0.1, 0.15) is 5.82 Å². The number of primary sulfonamides is 1. The zero-order valence-corrected chi connectivity index (χ0v) is 16.3. The van der Waals surface area contributed by atoms with Gasteiger partial charge in [-0.15, -0.1) is 0 Å². The minimum Gasteiger partial charge on any atom is -0.493 e. The number of benzene rings is 2. The molecule has 1 aromatic heterocycles. The highest BCUT2D eigenvalue weighted by Gasteiger charge is 2.12. The van der Waals surface area contributed by atoms with E-state index in [9.17, 15) is 8.42 Å². The fourth-order valence-electron chi connectivity index (χ4n) is 2.72. The maximum atomic E-state index is 11.3. The number of nitrogen functional groups attached to an aromatic ring is 1. The SMILES string of the molecule is COc1cc2nc(NCCc3ccc(S(N)(=O)=O)cc3)nc(N)c2cc1OC. The van der Waals surface area contributed by atoms with E-state index >= 15 is 0 Å². The molecule has 0 aliphatic carbocycles. The van der Waals surface area contributed by atoms with Gasteiger partial charge in [0.2, 0.25) is 16.0 Å².